The Morgan fingerprint density at radius 2 is 1.69 bits per heavy atom. The Hall–Kier alpha value is -4.19. The van der Waals surface area contributed by atoms with Crippen molar-refractivity contribution in [2.75, 3.05) is 18.5 Å². The van der Waals surface area contributed by atoms with Crippen LogP contribution in [-0.2, 0) is 9.53 Å². The number of amides is 1. The monoisotopic (exact) mass is 468 g/mol. The van der Waals surface area contributed by atoms with Crippen molar-refractivity contribution in [2.45, 2.75) is 26.7 Å². The number of carbonyl (C=O) groups excluding carboxylic acids is 2. The molecule has 1 heterocycles. The molecule has 35 heavy (non-hydrogen) atoms. The molecule has 0 spiro atoms. The molecule has 4 rings (SSSR count). The van der Waals surface area contributed by atoms with Gasteiger partial charge in [-0.25, -0.2) is 9.78 Å². The number of hydrogen-bond donors (Lipinski definition) is 1. The van der Waals surface area contributed by atoms with Gasteiger partial charge in [0.2, 0.25) is 0 Å². The molecule has 6 heteroatoms. The number of carbonyl (C=O) groups is 2. The number of ether oxygens (including phenoxy) is 2. The SMILES string of the molecule is CCOC(=O)c1ccc2nc(-c3ccccc3)cc(OCC(=O)Nc3ccc(C(C)C)cc3)c2c1. The second-order valence-corrected chi connectivity index (χ2v) is 8.44. The number of pyridine rings is 1. The van der Waals surface area contributed by atoms with E-state index in [1.165, 1.54) is 5.56 Å². The van der Waals surface area contributed by atoms with E-state index in [0.29, 0.717) is 39.5 Å². The second-order valence-electron chi connectivity index (χ2n) is 8.44. The maximum absolute atomic E-state index is 12.6. The molecule has 0 atom stereocenters. The van der Waals surface area contributed by atoms with Gasteiger partial charge in [0.25, 0.3) is 5.91 Å². The summed E-state index contributed by atoms with van der Waals surface area (Å²) >= 11 is 0. The standard InChI is InChI=1S/C29H28N2O4/c1-4-34-29(33)22-12-15-25-24(16-22)27(17-26(31-25)21-8-6-5-7-9-21)35-18-28(32)30-23-13-10-20(11-14-23)19(2)3/h5-17,19H,4,18H2,1-3H3,(H,30,32). The number of rotatable bonds is 8. The summed E-state index contributed by atoms with van der Waals surface area (Å²) in [5.74, 6) is 0.178. The minimum Gasteiger partial charge on any atom is -0.483 e. The Morgan fingerprint density at radius 3 is 2.37 bits per heavy atom. The minimum atomic E-state index is -0.421. The Morgan fingerprint density at radius 1 is 0.943 bits per heavy atom. The maximum atomic E-state index is 12.6. The zero-order valence-corrected chi connectivity index (χ0v) is 20.1. The fourth-order valence-corrected chi connectivity index (χ4v) is 3.70. The minimum absolute atomic E-state index is 0.192. The highest BCUT2D eigenvalue weighted by molar-refractivity contribution is 5.97. The average Bonchev–Trinajstić information content (AvgIpc) is 2.87. The van der Waals surface area contributed by atoms with Crippen molar-refractivity contribution in [3.8, 4) is 17.0 Å². The largest absolute Gasteiger partial charge is 0.483 e. The number of aromatic nitrogens is 1. The van der Waals surface area contributed by atoms with Gasteiger partial charge in [0, 0.05) is 22.7 Å². The Labute approximate surface area is 204 Å². The number of benzene rings is 3. The molecule has 1 N–H and O–H groups in total. The van der Waals surface area contributed by atoms with Crippen LogP contribution in [0.3, 0.4) is 0 Å². The number of hydrogen-bond acceptors (Lipinski definition) is 5. The molecule has 0 fully saturated rings. The molecule has 0 radical (unpaired) electrons. The number of nitrogens with zero attached hydrogens (tertiary/aromatic N) is 1. The third-order valence-electron chi connectivity index (χ3n) is 5.57. The van der Waals surface area contributed by atoms with Crippen LogP contribution in [0.25, 0.3) is 22.2 Å². The smallest absolute Gasteiger partial charge is 0.338 e. The fourth-order valence-electron chi connectivity index (χ4n) is 3.70. The first-order valence-corrected chi connectivity index (χ1v) is 11.6. The van der Waals surface area contributed by atoms with E-state index in [0.717, 1.165) is 5.56 Å². The normalized spacial score (nSPS) is 10.9. The molecule has 0 aliphatic carbocycles. The molecular weight excluding hydrogens is 440 g/mol. The lowest BCUT2D eigenvalue weighted by Gasteiger charge is -2.13. The Balaban J connectivity index is 1.60. The van der Waals surface area contributed by atoms with E-state index < -0.39 is 5.97 Å². The molecule has 6 nitrogen and oxygen atoms in total. The van der Waals surface area contributed by atoms with Crippen LogP contribution < -0.4 is 10.1 Å². The first kappa shape index (κ1) is 24.0. The molecule has 0 saturated heterocycles. The first-order valence-electron chi connectivity index (χ1n) is 11.6. The molecule has 0 aliphatic heterocycles. The van der Waals surface area contributed by atoms with Crippen molar-refractivity contribution < 1.29 is 19.1 Å². The Kier molecular flexibility index (Phi) is 7.41. The number of esters is 1. The van der Waals surface area contributed by atoms with Crippen molar-refractivity contribution in [2.24, 2.45) is 0 Å². The third kappa shape index (κ3) is 5.84. The van der Waals surface area contributed by atoms with Crippen LogP contribution in [0.1, 0.15) is 42.6 Å². The summed E-state index contributed by atoms with van der Waals surface area (Å²) in [6, 6.07) is 24.4. The van der Waals surface area contributed by atoms with Crippen molar-refractivity contribution in [3.63, 3.8) is 0 Å². The predicted octanol–water partition coefficient (Wildman–Crippen LogP) is 6.22. The van der Waals surface area contributed by atoms with E-state index in [1.54, 1.807) is 31.2 Å². The molecule has 0 unspecified atom stereocenters. The van der Waals surface area contributed by atoms with Crippen LogP contribution >= 0.6 is 0 Å². The fraction of sp³-hybridized carbons (Fsp3) is 0.207. The lowest BCUT2D eigenvalue weighted by Crippen LogP contribution is -2.20. The molecule has 178 valence electrons. The summed E-state index contributed by atoms with van der Waals surface area (Å²) in [5.41, 5.74) is 4.59. The highest BCUT2D eigenvalue weighted by Gasteiger charge is 2.14. The molecule has 3 aromatic carbocycles. The quantitative estimate of drug-likeness (QED) is 0.311. The van der Waals surface area contributed by atoms with Gasteiger partial charge >= 0.3 is 5.97 Å². The summed E-state index contributed by atoms with van der Waals surface area (Å²) in [6.07, 6.45) is 0. The molecule has 0 saturated carbocycles. The van der Waals surface area contributed by atoms with Crippen LogP contribution in [0, 0.1) is 0 Å². The van der Waals surface area contributed by atoms with Crippen LogP contribution in [-0.4, -0.2) is 30.1 Å². The van der Waals surface area contributed by atoms with E-state index in [9.17, 15) is 9.59 Å². The third-order valence-corrected chi connectivity index (χ3v) is 5.57. The highest BCUT2D eigenvalue weighted by Crippen LogP contribution is 2.31. The molecule has 1 aromatic heterocycles. The van der Waals surface area contributed by atoms with Gasteiger partial charge in [-0.05, 0) is 48.7 Å². The van der Waals surface area contributed by atoms with Crippen LogP contribution in [0.15, 0.2) is 78.9 Å². The summed E-state index contributed by atoms with van der Waals surface area (Å²) < 4.78 is 11.1. The molecule has 4 aromatic rings. The van der Waals surface area contributed by atoms with Gasteiger partial charge in [-0.15, -0.1) is 0 Å². The van der Waals surface area contributed by atoms with E-state index in [4.69, 9.17) is 14.5 Å². The van der Waals surface area contributed by atoms with Gasteiger partial charge in [-0.3, -0.25) is 4.79 Å². The molecule has 1 amide bonds. The van der Waals surface area contributed by atoms with E-state index in [1.807, 2.05) is 54.6 Å². The zero-order valence-electron chi connectivity index (χ0n) is 20.1. The number of fused-ring (bicyclic) bond motifs is 1. The number of anilines is 1. The Bertz CT molecular complexity index is 1330. The van der Waals surface area contributed by atoms with Gasteiger partial charge < -0.3 is 14.8 Å². The van der Waals surface area contributed by atoms with Gasteiger partial charge in [0.05, 0.1) is 23.4 Å². The van der Waals surface area contributed by atoms with E-state index in [2.05, 4.69) is 19.2 Å². The van der Waals surface area contributed by atoms with Crippen LogP contribution in [0.2, 0.25) is 0 Å². The first-order chi connectivity index (χ1) is 16.9. The summed E-state index contributed by atoms with van der Waals surface area (Å²) in [5, 5.41) is 3.49. The van der Waals surface area contributed by atoms with E-state index in [-0.39, 0.29) is 19.1 Å². The second kappa shape index (κ2) is 10.8. The summed E-state index contributed by atoms with van der Waals surface area (Å²) in [6.45, 7) is 6.10. The lowest BCUT2D eigenvalue weighted by atomic mass is 10.0. The average molecular weight is 469 g/mol. The van der Waals surface area contributed by atoms with Gasteiger partial charge in [-0.1, -0.05) is 56.3 Å². The topological polar surface area (TPSA) is 77.5 Å². The van der Waals surface area contributed by atoms with Crippen LogP contribution in [0.4, 0.5) is 5.69 Å². The van der Waals surface area contributed by atoms with Gasteiger partial charge in [0.1, 0.15) is 5.75 Å². The predicted molar refractivity (Wildman–Crippen MR) is 138 cm³/mol. The molecule has 0 aliphatic rings. The maximum Gasteiger partial charge on any atom is 0.338 e. The van der Waals surface area contributed by atoms with Gasteiger partial charge in [0.15, 0.2) is 6.61 Å². The molecular formula is C29H28N2O4. The van der Waals surface area contributed by atoms with Crippen molar-refractivity contribution in [3.05, 3.63) is 90.0 Å². The van der Waals surface area contributed by atoms with Crippen LogP contribution in [0.5, 0.6) is 5.75 Å². The van der Waals surface area contributed by atoms with E-state index >= 15 is 0 Å². The molecule has 0 bridgehead atoms. The van der Waals surface area contributed by atoms with Crippen molar-refractivity contribution in [1.29, 1.82) is 0 Å². The highest BCUT2D eigenvalue weighted by atomic mass is 16.5. The summed E-state index contributed by atoms with van der Waals surface area (Å²) in [4.78, 5) is 29.6. The zero-order chi connectivity index (χ0) is 24.8. The van der Waals surface area contributed by atoms with Crippen molar-refractivity contribution in [1.82, 2.24) is 4.98 Å². The lowest BCUT2D eigenvalue weighted by molar-refractivity contribution is -0.118. The summed E-state index contributed by atoms with van der Waals surface area (Å²) in [7, 11) is 0. The van der Waals surface area contributed by atoms with Gasteiger partial charge in [-0.2, -0.15) is 0 Å². The number of nitrogens with one attached hydrogen (secondary N) is 1. The van der Waals surface area contributed by atoms with Crippen molar-refractivity contribution >= 4 is 28.5 Å².